The van der Waals surface area contributed by atoms with Gasteiger partial charge in [-0.05, 0) is 25.5 Å². The summed E-state index contributed by atoms with van der Waals surface area (Å²) < 4.78 is 35.2. The van der Waals surface area contributed by atoms with E-state index in [4.69, 9.17) is 0 Å². The van der Waals surface area contributed by atoms with Gasteiger partial charge in [0, 0.05) is 25.7 Å². The number of hydrogen-bond acceptors (Lipinski definition) is 4. The average Bonchev–Trinajstić information content (AvgIpc) is 3.00. The number of hydrogen-bond donors (Lipinski definition) is 1. The van der Waals surface area contributed by atoms with E-state index in [1.54, 1.807) is 4.68 Å². The Morgan fingerprint density at radius 1 is 1.28 bits per heavy atom. The van der Waals surface area contributed by atoms with Crippen LogP contribution < -0.4 is 5.19 Å². The zero-order chi connectivity index (χ0) is 22.0. The molecular weight excluding hydrogens is 404 g/mol. The number of nitrogens with zero attached hydrogens (tertiary/aromatic N) is 4. The Balaban J connectivity index is 2.71. The molecule has 1 aromatic carbocycles. The number of rotatable bonds is 7. The molecule has 0 aliphatic rings. The first-order valence-corrected chi connectivity index (χ1v) is 14.3. The van der Waals surface area contributed by atoms with E-state index in [1.165, 1.54) is 12.2 Å². The first-order valence-electron chi connectivity index (χ1n) is 9.36. The van der Waals surface area contributed by atoms with Crippen molar-refractivity contribution in [3.63, 3.8) is 0 Å². The Morgan fingerprint density at radius 3 is 2.31 bits per heavy atom. The number of likely N-dealkylation sites (N-methyl/N-ethyl adjacent to an activating group) is 1. The lowest BCUT2D eigenvalue weighted by Gasteiger charge is -2.19. The van der Waals surface area contributed by atoms with E-state index in [0.717, 1.165) is 10.00 Å². The minimum absolute atomic E-state index is 0.150. The Hall–Kier alpha value is -2.25. The molecule has 1 N–H and O–H groups in total. The molecule has 0 atom stereocenters. The zero-order valence-corrected chi connectivity index (χ0v) is 19.6. The molecule has 0 saturated carbocycles. The molecule has 0 fully saturated rings. The fraction of sp³-hybridized carbons (Fsp3) is 0.400. The number of aromatic nitrogens is 2. The molecule has 0 bridgehead atoms. The van der Waals surface area contributed by atoms with Gasteiger partial charge in [-0.15, -0.1) is 0 Å². The summed E-state index contributed by atoms with van der Waals surface area (Å²) in [5, 5.41) is 15.7. The third-order valence-electron chi connectivity index (χ3n) is 4.74. The van der Waals surface area contributed by atoms with E-state index in [0.29, 0.717) is 28.9 Å². The molecule has 0 aliphatic heterocycles. The van der Waals surface area contributed by atoms with E-state index in [2.05, 4.69) is 30.8 Å². The standard InChI is InChI=1S/C20H28N4O3SSi/c1-7-24-20(12-15(2)22-24)19(14-23(3)28(25,26)27)18(13-21)16-8-10-17(11-9-16)29(4,5)6/h8-12H,7,14H2,1-6H3,(H,25,26,27)/b19-18+. The first kappa shape index (κ1) is 23.0. The van der Waals surface area contributed by atoms with Crippen LogP contribution in [0.15, 0.2) is 30.3 Å². The van der Waals surface area contributed by atoms with Gasteiger partial charge in [-0.2, -0.15) is 23.1 Å². The van der Waals surface area contributed by atoms with Crippen molar-refractivity contribution in [1.29, 1.82) is 5.26 Å². The lowest BCUT2D eigenvalue weighted by Crippen LogP contribution is -2.37. The molecule has 0 radical (unpaired) electrons. The smallest absolute Gasteiger partial charge is 0.273 e. The van der Waals surface area contributed by atoms with E-state index < -0.39 is 18.4 Å². The molecule has 29 heavy (non-hydrogen) atoms. The fourth-order valence-corrected chi connectivity index (χ4v) is 4.52. The number of nitriles is 1. The van der Waals surface area contributed by atoms with Crippen LogP contribution in [0.1, 0.15) is 23.9 Å². The van der Waals surface area contributed by atoms with Gasteiger partial charge in [-0.3, -0.25) is 9.23 Å². The van der Waals surface area contributed by atoms with Gasteiger partial charge in [0.05, 0.1) is 25.0 Å². The molecule has 1 aromatic heterocycles. The quantitative estimate of drug-likeness (QED) is 0.412. The number of allylic oxidation sites excluding steroid dienone is 1. The van der Waals surface area contributed by atoms with Crippen LogP contribution in [0.25, 0.3) is 11.1 Å². The molecule has 0 aliphatic carbocycles. The summed E-state index contributed by atoms with van der Waals surface area (Å²) in [5.74, 6) is 0. The lowest BCUT2D eigenvalue weighted by molar-refractivity contribution is 0.405. The minimum atomic E-state index is -4.40. The Bertz CT molecular complexity index is 1060. The van der Waals surface area contributed by atoms with Gasteiger partial charge >= 0.3 is 10.3 Å². The highest BCUT2D eigenvalue weighted by Crippen LogP contribution is 2.28. The molecule has 2 aromatic rings. The van der Waals surface area contributed by atoms with Crippen molar-refractivity contribution in [3.8, 4) is 6.07 Å². The third-order valence-corrected chi connectivity index (χ3v) is 7.72. The molecule has 0 amide bonds. The van der Waals surface area contributed by atoms with Crippen molar-refractivity contribution in [2.45, 2.75) is 40.0 Å². The van der Waals surface area contributed by atoms with Gasteiger partial charge < -0.3 is 0 Å². The zero-order valence-electron chi connectivity index (χ0n) is 17.8. The molecule has 2 rings (SSSR count). The fourth-order valence-electron chi connectivity index (χ4n) is 3.06. The molecular formula is C20H28N4O3SSi. The van der Waals surface area contributed by atoms with Crippen molar-refractivity contribution >= 4 is 34.7 Å². The lowest BCUT2D eigenvalue weighted by atomic mass is 9.98. The number of benzene rings is 1. The minimum Gasteiger partial charge on any atom is -0.273 e. The van der Waals surface area contributed by atoms with Crippen LogP contribution in [-0.4, -0.2) is 48.7 Å². The largest absolute Gasteiger partial charge is 0.335 e. The van der Waals surface area contributed by atoms with Crippen molar-refractivity contribution in [3.05, 3.63) is 47.3 Å². The molecule has 7 nitrogen and oxygen atoms in total. The maximum absolute atomic E-state index is 11.6. The summed E-state index contributed by atoms with van der Waals surface area (Å²) in [6.07, 6.45) is 0. The van der Waals surface area contributed by atoms with E-state index in [9.17, 15) is 18.2 Å². The van der Waals surface area contributed by atoms with Crippen LogP contribution in [0.2, 0.25) is 19.6 Å². The van der Waals surface area contributed by atoms with E-state index in [1.807, 2.05) is 44.2 Å². The van der Waals surface area contributed by atoms with Crippen LogP contribution in [-0.2, 0) is 16.8 Å². The molecule has 0 spiro atoms. The molecule has 0 saturated heterocycles. The second kappa shape index (κ2) is 8.63. The molecule has 0 unspecified atom stereocenters. The predicted octanol–water partition coefficient (Wildman–Crippen LogP) is 2.93. The maximum Gasteiger partial charge on any atom is 0.335 e. The van der Waals surface area contributed by atoms with Crippen molar-refractivity contribution in [1.82, 2.24) is 14.1 Å². The van der Waals surface area contributed by atoms with E-state index in [-0.39, 0.29) is 6.54 Å². The third kappa shape index (κ3) is 5.42. The van der Waals surface area contributed by atoms with Crippen LogP contribution in [0.3, 0.4) is 0 Å². The monoisotopic (exact) mass is 432 g/mol. The van der Waals surface area contributed by atoms with Gasteiger partial charge in [-0.1, -0.05) is 49.1 Å². The second-order valence-electron chi connectivity index (χ2n) is 8.01. The highest BCUT2D eigenvalue weighted by Gasteiger charge is 2.23. The van der Waals surface area contributed by atoms with Crippen LogP contribution >= 0.6 is 0 Å². The summed E-state index contributed by atoms with van der Waals surface area (Å²) in [6, 6.07) is 11.9. The van der Waals surface area contributed by atoms with Crippen molar-refractivity contribution in [2.24, 2.45) is 0 Å². The van der Waals surface area contributed by atoms with Crippen LogP contribution in [0.4, 0.5) is 0 Å². The van der Waals surface area contributed by atoms with Gasteiger partial charge in [0.1, 0.15) is 6.07 Å². The number of aryl methyl sites for hydroxylation is 2. The summed E-state index contributed by atoms with van der Waals surface area (Å²) in [4.78, 5) is 0. The highest BCUT2D eigenvalue weighted by molar-refractivity contribution is 7.83. The normalized spacial score (nSPS) is 13.3. The summed E-state index contributed by atoms with van der Waals surface area (Å²) in [6.45, 7) is 10.9. The van der Waals surface area contributed by atoms with Gasteiger partial charge in [0.25, 0.3) is 0 Å². The van der Waals surface area contributed by atoms with Gasteiger partial charge in [-0.25, -0.2) is 0 Å². The maximum atomic E-state index is 11.6. The van der Waals surface area contributed by atoms with Crippen molar-refractivity contribution < 1.29 is 13.0 Å². The van der Waals surface area contributed by atoms with Crippen molar-refractivity contribution in [2.75, 3.05) is 13.6 Å². The Labute approximate surface area is 174 Å². The summed E-state index contributed by atoms with van der Waals surface area (Å²) in [5.41, 5.74) is 2.98. The molecule has 9 heteroatoms. The molecule has 156 valence electrons. The van der Waals surface area contributed by atoms with Gasteiger partial charge in [0.2, 0.25) is 0 Å². The second-order valence-corrected chi connectivity index (χ2v) is 14.6. The molecule has 1 heterocycles. The Morgan fingerprint density at radius 2 is 1.86 bits per heavy atom. The van der Waals surface area contributed by atoms with Gasteiger partial charge in [0.15, 0.2) is 0 Å². The van der Waals surface area contributed by atoms with E-state index >= 15 is 0 Å². The van der Waals surface area contributed by atoms with Crippen LogP contribution in [0, 0.1) is 18.3 Å². The topological polar surface area (TPSA) is 99.2 Å². The first-order chi connectivity index (χ1) is 13.4. The highest BCUT2D eigenvalue weighted by atomic mass is 32.2. The SMILES string of the molecule is CCn1nc(C)cc1/C(CN(C)S(=O)(=O)O)=C(\C#N)c1ccc([Si](C)(C)C)cc1. The predicted molar refractivity (Wildman–Crippen MR) is 119 cm³/mol. The van der Waals surface area contributed by atoms with Crippen LogP contribution in [0.5, 0.6) is 0 Å². The summed E-state index contributed by atoms with van der Waals surface area (Å²) >= 11 is 0. The summed E-state index contributed by atoms with van der Waals surface area (Å²) in [7, 11) is -4.62. The average molecular weight is 433 g/mol. The Kier molecular flexibility index (Phi) is 6.85.